The molecule has 0 spiro atoms. The van der Waals surface area contributed by atoms with Gasteiger partial charge in [-0.3, -0.25) is 4.79 Å². The molecule has 0 radical (unpaired) electrons. The Balaban J connectivity index is 1.60. The van der Waals surface area contributed by atoms with Gasteiger partial charge in [0.2, 0.25) is 5.91 Å². The molecule has 0 aromatic rings. The molecule has 1 amide bonds. The average Bonchev–Trinajstić information content (AvgIpc) is 0.794. The Morgan fingerprint density at radius 1 is 0.361 bits per heavy atom. The van der Waals surface area contributed by atoms with Crippen molar-refractivity contribution in [2.45, 2.75) is 479 Å². The first-order valence-electron chi connectivity index (χ1n) is 42.1. The number of aliphatic hydroxyl groups excluding tert-OH is 8. The van der Waals surface area contributed by atoms with Crippen molar-refractivity contribution in [3.63, 3.8) is 0 Å². The Morgan fingerprint density at radius 2 is 0.649 bits per heavy atom. The summed E-state index contributed by atoms with van der Waals surface area (Å²) < 4.78 is 22.9. The predicted octanol–water partition coefficient (Wildman–Crippen LogP) is 19.4. The van der Waals surface area contributed by atoms with Crippen LogP contribution in [0.25, 0.3) is 0 Å². The van der Waals surface area contributed by atoms with Gasteiger partial charge in [-0.15, -0.1) is 0 Å². The maximum atomic E-state index is 13.4. The van der Waals surface area contributed by atoms with Gasteiger partial charge in [0.05, 0.1) is 32.0 Å². The zero-order valence-corrected chi connectivity index (χ0v) is 63.1. The summed E-state index contributed by atoms with van der Waals surface area (Å²) >= 11 is 0. The lowest BCUT2D eigenvalue weighted by Crippen LogP contribution is -2.65. The number of carbonyl (C=O) groups is 1. The van der Waals surface area contributed by atoms with E-state index >= 15 is 0 Å². The molecule has 0 bridgehead atoms. The summed E-state index contributed by atoms with van der Waals surface area (Å²) in [4.78, 5) is 13.4. The van der Waals surface area contributed by atoms with Crippen LogP contribution in [0.2, 0.25) is 0 Å². The van der Waals surface area contributed by atoms with Crippen molar-refractivity contribution < 1.29 is 64.6 Å². The molecule has 0 aromatic heterocycles. The van der Waals surface area contributed by atoms with Gasteiger partial charge in [-0.1, -0.05) is 378 Å². The van der Waals surface area contributed by atoms with Crippen LogP contribution in [0.3, 0.4) is 0 Å². The van der Waals surface area contributed by atoms with E-state index in [-0.39, 0.29) is 18.9 Å². The minimum absolute atomic E-state index is 0.230. The summed E-state index contributed by atoms with van der Waals surface area (Å²) in [7, 11) is 0. The summed E-state index contributed by atoms with van der Waals surface area (Å²) in [5, 5.41) is 87.8. The molecule has 2 fully saturated rings. The lowest BCUT2D eigenvalue weighted by atomic mass is 9.97. The maximum absolute atomic E-state index is 13.4. The number of nitrogens with one attached hydrogen (secondary N) is 1. The third-order valence-corrected chi connectivity index (χ3v) is 20.9. The smallest absolute Gasteiger partial charge is 0.220 e. The van der Waals surface area contributed by atoms with Crippen LogP contribution in [-0.2, 0) is 23.7 Å². The van der Waals surface area contributed by atoms with Crippen molar-refractivity contribution in [1.82, 2.24) is 5.32 Å². The molecule has 0 saturated carbocycles. The summed E-state index contributed by atoms with van der Waals surface area (Å²) in [5.74, 6) is -0.230. The first kappa shape index (κ1) is 91.6. The number of carbonyl (C=O) groups excluding carboxylic acids is 1. The average molecular weight is 1380 g/mol. The first-order valence-corrected chi connectivity index (χ1v) is 42.1. The highest BCUT2D eigenvalue weighted by Crippen LogP contribution is 2.30. The Morgan fingerprint density at radius 3 is 0.979 bits per heavy atom. The van der Waals surface area contributed by atoms with Crippen molar-refractivity contribution in [2.24, 2.45) is 0 Å². The fourth-order valence-electron chi connectivity index (χ4n) is 14.2. The molecule has 0 aliphatic carbocycles. The number of hydrogen-bond donors (Lipinski definition) is 9. The molecule has 2 heterocycles. The van der Waals surface area contributed by atoms with Gasteiger partial charge in [-0.25, -0.2) is 0 Å². The fourth-order valence-corrected chi connectivity index (χ4v) is 14.2. The minimum atomic E-state index is -1.79. The van der Waals surface area contributed by atoms with E-state index in [1.807, 2.05) is 6.08 Å². The van der Waals surface area contributed by atoms with Gasteiger partial charge in [0.1, 0.15) is 48.8 Å². The second-order valence-corrected chi connectivity index (χ2v) is 30.0. The number of unbranched alkanes of at least 4 members (excludes halogenated alkanes) is 57. The number of allylic oxidation sites excluding steroid dienone is 3. The summed E-state index contributed by atoms with van der Waals surface area (Å²) in [6.45, 7) is 2.88. The number of rotatable bonds is 72. The molecule has 12 atom stereocenters. The van der Waals surface area contributed by atoms with Gasteiger partial charge >= 0.3 is 0 Å². The molecule has 2 aliphatic rings. The topological polar surface area (TPSA) is 228 Å². The predicted molar refractivity (Wildman–Crippen MR) is 402 cm³/mol. The van der Waals surface area contributed by atoms with Crippen LogP contribution in [0.1, 0.15) is 406 Å². The molecule has 97 heavy (non-hydrogen) atoms. The Hall–Kier alpha value is -1.53. The van der Waals surface area contributed by atoms with Crippen molar-refractivity contribution in [3.05, 3.63) is 24.3 Å². The van der Waals surface area contributed by atoms with E-state index in [2.05, 4.69) is 31.3 Å². The van der Waals surface area contributed by atoms with Crippen LogP contribution in [-0.4, -0.2) is 140 Å². The van der Waals surface area contributed by atoms with Gasteiger partial charge < -0.3 is 65.1 Å². The number of aliphatic hydroxyl groups is 8. The Kier molecular flexibility index (Phi) is 63.8. The normalized spacial score (nSPS) is 22.2. The van der Waals surface area contributed by atoms with Crippen molar-refractivity contribution >= 4 is 5.91 Å². The van der Waals surface area contributed by atoms with E-state index in [0.29, 0.717) is 6.42 Å². The van der Waals surface area contributed by atoms with Crippen molar-refractivity contribution in [1.29, 1.82) is 0 Å². The third kappa shape index (κ3) is 50.5. The molecular formula is C83H159NO13. The molecule has 2 aliphatic heterocycles. The largest absolute Gasteiger partial charge is 0.394 e. The van der Waals surface area contributed by atoms with E-state index in [4.69, 9.17) is 18.9 Å². The summed E-state index contributed by atoms with van der Waals surface area (Å²) in [6, 6.07) is -0.914. The van der Waals surface area contributed by atoms with E-state index in [9.17, 15) is 45.6 Å². The maximum Gasteiger partial charge on any atom is 0.220 e. The second-order valence-electron chi connectivity index (χ2n) is 30.0. The molecule has 9 N–H and O–H groups in total. The van der Waals surface area contributed by atoms with Gasteiger partial charge in [0.25, 0.3) is 0 Å². The summed E-state index contributed by atoms with van der Waals surface area (Å²) in [6.07, 6.45) is 71.3. The molecule has 12 unspecified atom stereocenters. The first-order chi connectivity index (χ1) is 47.6. The molecule has 574 valence electrons. The van der Waals surface area contributed by atoms with Gasteiger partial charge in [0.15, 0.2) is 12.6 Å². The zero-order valence-electron chi connectivity index (χ0n) is 63.1. The molecule has 2 rings (SSSR count). The lowest BCUT2D eigenvalue weighted by Gasteiger charge is -2.46. The van der Waals surface area contributed by atoms with E-state index in [0.717, 1.165) is 38.5 Å². The Labute approximate surface area is 596 Å². The van der Waals surface area contributed by atoms with Crippen LogP contribution in [0, 0.1) is 0 Å². The minimum Gasteiger partial charge on any atom is -0.394 e. The quantitative estimate of drug-likeness (QED) is 0.0204. The van der Waals surface area contributed by atoms with E-state index < -0.39 is 86.8 Å². The van der Waals surface area contributed by atoms with Crippen LogP contribution >= 0.6 is 0 Å². The van der Waals surface area contributed by atoms with Gasteiger partial charge in [-0.2, -0.15) is 0 Å². The fraction of sp³-hybridized carbons (Fsp3) is 0.940. The lowest BCUT2D eigenvalue weighted by molar-refractivity contribution is -0.359. The molecule has 14 heteroatoms. The van der Waals surface area contributed by atoms with Gasteiger partial charge in [-0.05, 0) is 44.9 Å². The number of hydrogen-bond acceptors (Lipinski definition) is 13. The van der Waals surface area contributed by atoms with Crippen LogP contribution in [0.4, 0.5) is 0 Å². The van der Waals surface area contributed by atoms with Crippen LogP contribution in [0.5, 0.6) is 0 Å². The van der Waals surface area contributed by atoms with Gasteiger partial charge in [0, 0.05) is 6.42 Å². The van der Waals surface area contributed by atoms with Crippen molar-refractivity contribution in [3.8, 4) is 0 Å². The second kappa shape index (κ2) is 67.6. The monoisotopic (exact) mass is 1380 g/mol. The highest BCUT2D eigenvalue weighted by atomic mass is 16.7. The third-order valence-electron chi connectivity index (χ3n) is 20.9. The summed E-state index contributed by atoms with van der Waals surface area (Å²) in [5.41, 5.74) is 0. The molecule has 2 saturated heterocycles. The number of amides is 1. The standard InChI is InChI=1S/C83H159NO13/c1-3-5-7-9-11-13-15-17-19-21-23-25-27-29-31-33-35-37-38-40-42-44-46-48-50-52-54-56-58-60-62-64-66-72(87)71(70-94-82-80(93)78(91)81(74(69-86)96-82)97-83-79(92)77(90)76(89)73(68-85)95-83)84-75(88)67-65-63-61-59-57-55-53-51-49-47-45-43-41-39-36-34-32-30-28-26-24-22-20-18-16-14-12-10-8-6-4-2/h22,24,64,66,71-74,76-83,85-87,89-93H,3-21,23,25-63,65,67-70H2,1-2H3,(H,84,88)/b24-22-,66-64+. The molecular weight excluding hydrogens is 1220 g/mol. The number of ether oxygens (including phenoxy) is 4. The van der Waals surface area contributed by atoms with Crippen LogP contribution < -0.4 is 5.32 Å². The SMILES string of the molecule is CCCCCCCCCC/C=C\CCCCCCCCCCCCCCCCCCCCCC(=O)NC(COC1OC(CO)C(OC2OC(CO)C(O)C(O)C2O)C(O)C1O)C(O)/C=C/CCCCCCCCCCCCCCCCCCCCCCCCCCCCCCCC. The zero-order chi connectivity index (χ0) is 70.1. The molecule has 0 aromatic carbocycles. The highest BCUT2D eigenvalue weighted by molar-refractivity contribution is 5.76. The highest BCUT2D eigenvalue weighted by Gasteiger charge is 2.51. The van der Waals surface area contributed by atoms with E-state index in [1.54, 1.807) is 6.08 Å². The molecule has 14 nitrogen and oxygen atoms in total. The van der Waals surface area contributed by atoms with E-state index in [1.165, 1.54) is 340 Å². The van der Waals surface area contributed by atoms with Crippen LogP contribution in [0.15, 0.2) is 24.3 Å². The van der Waals surface area contributed by atoms with Crippen molar-refractivity contribution in [2.75, 3.05) is 19.8 Å². The Bertz CT molecular complexity index is 1720.